The second-order valence-electron chi connectivity index (χ2n) is 8.07. The quantitative estimate of drug-likeness (QED) is 0.448. The molecule has 2 heterocycles. The summed E-state index contributed by atoms with van der Waals surface area (Å²) in [5, 5.41) is 15.2. The van der Waals surface area contributed by atoms with Crippen molar-refractivity contribution in [2.24, 2.45) is 0 Å². The molecule has 0 spiro atoms. The minimum Gasteiger partial charge on any atom is -0.493 e. The van der Waals surface area contributed by atoms with Gasteiger partial charge in [-0.3, -0.25) is 4.90 Å². The number of β-amino-alcohol motifs (C(OH)–C–C–N with tert-alkyl or cyclic N) is 1. The van der Waals surface area contributed by atoms with Crippen LogP contribution in [0.2, 0.25) is 0 Å². The van der Waals surface area contributed by atoms with E-state index in [0.29, 0.717) is 37.8 Å². The van der Waals surface area contributed by atoms with Crippen molar-refractivity contribution >= 4 is 10.9 Å². The normalized spacial score (nSPS) is 15.7. The van der Waals surface area contributed by atoms with E-state index >= 15 is 0 Å². The number of rotatable bonds is 11. The van der Waals surface area contributed by atoms with Gasteiger partial charge in [0.2, 0.25) is 0 Å². The summed E-state index contributed by atoms with van der Waals surface area (Å²) in [7, 11) is 1.64. The molecule has 0 aliphatic carbocycles. The van der Waals surface area contributed by atoms with Crippen LogP contribution < -0.4 is 14.8 Å². The molecular formula is C25H33N3O4. The molecule has 2 N–H and O–H groups in total. The van der Waals surface area contributed by atoms with E-state index in [1.54, 1.807) is 7.11 Å². The standard InChI is InChI=1S/C25H33N3O4/c1-30-24-8-4-6-21(25(24)32-19-22(29)18-27-13-15-31-16-14-27)17-26-10-12-28-11-9-20-5-2-3-7-23(20)28/h2-9,11,22,26,29H,10,12-19H2,1H3. The van der Waals surface area contributed by atoms with Crippen LogP contribution in [0.15, 0.2) is 54.7 Å². The highest BCUT2D eigenvalue weighted by atomic mass is 16.5. The highest BCUT2D eigenvalue weighted by molar-refractivity contribution is 5.79. The first-order valence-electron chi connectivity index (χ1n) is 11.3. The van der Waals surface area contributed by atoms with Crippen molar-refractivity contribution in [3.63, 3.8) is 0 Å². The van der Waals surface area contributed by atoms with Crippen LogP contribution in [-0.2, 0) is 17.8 Å². The molecule has 1 atom stereocenters. The fraction of sp³-hybridized carbons (Fsp3) is 0.440. The lowest BCUT2D eigenvalue weighted by Gasteiger charge is -2.28. The van der Waals surface area contributed by atoms with Gasteiger partial charge in [-0.25, -0.2) is 0 Å². The Bertz CT molecular complexity index is 984. The molecule has 1 aliphatic heterocycles. The van der Waals surface area contributed by atoms with E-state index in [9.17, 15) is 5.11 Å². The van der Waals surface area contributed by atoms with Crippen molar-refractivity contribution in [1.82, 2.24) is 14.8 Å². The van der Waals surface area contributed by atoms with Gasteiger partial charge in [0.15, 0.2) is 11.5 Å². The molecule has 4 rings (SSSR count). The van der Waals surface area contributed by atoms with Gasteiger partial charge in [-0.15, -0.1) is 0 Å². The number of methoxy groups -OCH3 is 1. The van der Waals surface area contributed by atoms with Gasteiger partial charge in [0.05, 0.1) is 20.3 Å². The SMILES string of the molecule is COc1cccc(CNCCn2ccc3ccccc32)c1OCC(O)CN1CCOCC1. The van der Waals surface area contributed by atoms with Crippen LogP contribution >= 0.6 is 0 Å². The molecule has 1 saturated heterocycles. The largest absolute Gasteiger partial charge is 0.493 e. The van der Waals surface area contributed by atoms with Crippen LogP contribution in [0, 0.1) is 0 Å². The highest BCUT2D eigenvalue weighted by Gasteiger charge is 2.17. The van der Waals surface area contributed by atoms with Gasteiger partial charge in [-0.2, -0.15) is 0 Å². The molecule has 0 radical (unpaired) electrons. The third-order valence-electron chi connectivity index (χ3n) is 5.80. The molecule has 1 aliphatic rings. The molecule has 3 aromatic rings. The molecule has 7 heteroatoms. The van der Waals surface area contributed by atoms with Gasteiger partial charge in [0.1, 0.15) is 12.7 Å². The lowest BCUT2D eigenvalue weighted by molar-refractivity contribution is 0.00436. The van der Waals surface area contributed by atoms with Crippen LogP contribution in [-0.4, -0.2) is 73.8 Å². The molecule has 1 aromatic heterocycles. The average Bonchev–Trinajstić information content (AvgIpc) is 3.24. The summed E-state index contributed by atoms with van der Waals surface area (Å²) in [6, 6.07) is 16.4. The zero-order valence-corrected chi connectivity index (χ0v) is 18.7. The topological polar surface area (TPSA) is 68.1 Å². The van der Waals surface area contributed by atoms with Crippen LogP contribution in [0.25, 0.3) is 10.9 Å². The number of hydrogen-bond donors (Lipinski definition) is 2. The minimum atomic E-state index is -0.569. The number of ether oxygens (including phenoxy) is 3. The smallest absolute Gasteiger partial charge is 0.165 e. The second-order valence-corrected chi connectivity index (χ2v) is 8.07. The van der Waals surface area contributed by atoms with Crippen molar-refractivity contribution in [2.45, 2.75) is 19.2 Å². The maximum Gasteiger partial charge on any atom is 0.165 e. The fourth-order valence-corrected chi connectivity index (χ4v) is 4.10. The maximum atomic E-state index is 10.5. The predicted octanol–water partition coefficient (Wildman–Crippen LogP) is 2.51. The first-order chi connectivity index (χ1) is 15.7. The Morgan fingerprint density at radius 2 is 1.94 bits per heavy atom. The van der Waals surface area contributed by atoms with Crippen molar-refractivity contribution < 1.29 is 19.3 Å². The molecule has 2 aromatic carbocycles. The lowest BCUT2D eigenvalue weighted by atomic mass is 10.2. The van der Waals surface area contributed by atoms with Crippen molar-refractivity contribution in [2.75, 3.05) is 53.1 Å². The number of morpholine rings is 1. The monoisotopic (exact) mass is 439 g/mol. The Kier molecular flexibility index (Phi) is 8.01. The minimum absolute atomic E-state index is 0.222. The second kappa shape index (κ2) is 11.3. The van der Waals surface area contributed by atoms with E-state index in [-0.39, 0.29) is 6.61 Å². The Morgan fingerprint density at radius 1 is 1.09 bits per heavy atom. The molecule has 1 fully saturated rings. The van der Waals surface area contributed by atoms with E-state index in [2.05, 4.69) is 51.3 Å². The fourth-order valence-electron chi connectivity index (χ4n) is 4.10. The molecule has 32 heavy (non-hydrogen) atoms. The number of aliphatic hydroxyl groups is 1. The number of aliphatic hydroxyl groups excluding tert-OH is 1. The molecule has 7 nitrogen and oxygen atoms in total. The summed E-state index contributed by atoms with van der Waals surface area (Å²) in [6.07, 6.45) is 1.56. The number of nitrogens with one attached hydrogen (secondary N) is 1. The van der Waals surface area contributed by atoms with E-state index in [1.165, 1.54) is 10.9 Å². The van der Waals surface area contributed by atoms with E-state index in [1.807, 2.05) is 18.2 Å². The summed E-state index contributed by atoms with van der Waals surface area (Å²) in [6.45, 7) is 6.29. The predicted molar refractivity (Wildman–Crippen MR) is 125 cm³/mol. The van der Waals surface area contributed by atoms with Crippen LogP contribution in [0.3, 0.4) is 0 Å². The number of nitrogens with zero attached hydrogens (tertiary/aromatic N) is 2. The molecule has 0 bridgehead atoms. The zero-order valence-electron chi connectivity index (χ0n) is 18.7. The average molecular weight is 440 g/mol. The summed E-state index contributed by atoms with van der Waals surface area (Å²) < 4.78 is 19.2. The molecular weight excluding hydrogens is 406 g/mol. The Balaban J connectivity index is 1.31. The van der Waals surface area contributed by atoms with Gasteiger partial charge in [-0.05, 0) is 23.6 Å². The Labute approximate surface area is 189 Å². The van der Waals surface area contributed by atoms with Crippen molar-refractivity contribution in [1.29, 1.82) is 0 Å². The summed E-state index contributed by atoms with van der Waals surface area (Å²) in [5.74, 6) is 1.37. The van der Waals surface area contributed by atoms with Crippen LogP contribution in [0.5, 0.6) is 11.5 Å². The van der Waals surface area contributed by atoms with Gasteiger partial charge >= 0.3 is 0 Å². The first-order valence-corrected chi connectivity index (χ1v) is 11.3. The van der Waals surface area contributed by atoms with E-state index < -0.39 is 6.10 Å². The third-order valence-corrected chi connectivity index (χ3v) is 5.80. The van der Waals surface area contributed by atoms with Gasteiger partial charge in [0, 0.05) is 56.5 Å². The first kappa shape index (κ1) is 22.6. The number of benzene rings is 2. The molecule has 0 amide bonds. The Morgan fingerprint density at radius 3 is 2.78 bits per heavy atom. The maximum absolute atomic E-state index is 10.5. The summed E-state index contributed by atoms with van der Waals surface area (Å²) in [5.41, 5.74) is 2.26. The number of hydrogen-bond acceptors (Lipinski definition) is 6. The molecule has 172 valence electrons. The molecule has 0 saturated carbocycles. The Hall–Kier alpha value is -2.58. The van der Waals surface area contributed by atoms with E-state index in [0.717, 1.165) is 31.7 Å². The molecule has 1 unspecified atom stereocenters. The zero-order chi connectivity index (χ0) is 22.2. The van der Waals surface area contributed by atoms with Crippen molar-refractivity contribution in [3.05, 3.63) is 60.3 Å². The van der Waals surface area contributed by atoms with Gasteiger partial charge < -0.3 is 29.2 Å². The summed E-state index contributed by atoms with van der Waals surface area (Å²) >= 11 is 0. The number of para-hydroxylation sites is 2. The van der Waals surface area contributed by atoms with Crippen LogP contribution in [0.4, 0.5) is 0 Å². The highest BCUT2D eigenvalue weighted by Crippen LogP contribution is 2.31. The van der Waals surface area contributed by atoms with E-state index in [4.69, 9.17) is 14.2 Å². The van der Waals surface area contributed by atoms with Gasteiger partial charge in [0.25, 0.3) is 0 Å². The van der Waals surface area contributed by atoms with Crippen molar-refractivity contribution in [3.8, 4) is 11.5 Å². The summed E-state index contributed by atoms with van der Waals surface area (Å²) in [4.78, 5) is 2.20. The van der Waals surface area contributed by atoms with Gasteiger partial charge in [-0.1, -0.05) is 30.3 Å². The third kappa shape index (κ3) is 5.81. The number of fused-ring (bicyclic) bond motifs is 1. The number of aromatic nitrogens is 1. The lowest BCUT2D eigenvalue weighted by Crippen LogP contribution is -2.42. The van der Waals surface area contributed by atoms with Crippen LogP contribution in [0.1, 0.15) is 5.56 Å².